The fourth-order valence-corrected chi connectivity index (χ4v) is 2.87. The fraction of sp³-hybridized carbons (Fsp3) is 0.333. The van der Waals surface area contributed by atoms with Gasteiger partial charge in [-0.25, -0.2) is 0 Å². The van der Waals surface area contributed by atoms with E-state index in [0.29, 0.717) is 4.83 Å². The summed E-state index contributed by atoms with van der Waals surface area (Å²) in [6, 6.07) is 15.3. The average Bonchev–Trinajstić information content (AvgIpc) is 2.29. The minimum atomic E-state index is 0.610. The van der Waals surface area contributed by atoms with Crippen LogP contribution < -0.4 is 0 Å². The van der Waals surface area contributed by atoms with E-state index in [1.54, 1.807) is 0 Å². The number of fused-ring (bicyclic) bond motifs is 1. The van der Waals surface area contributed by atoms with Crippen LogP contribution in [0.3, 0.4) is 0 Å². The Hall–Kier alpha value is -0.820. The Morgan fingerprint density at radius 2 is 1.81 bits per heavy atom. The quantitative estimate of drug-likeness (QED) is 0.694. The van der Waals surface area contributed by atoms with Gasteiger partial charge in [-0.1, -0.05) is 71.7 Å². The summed E-state index contributed by atoms with van der Waals surface area (Å²) < 4.78 is 0. The Labute approximate surface area is 106 Å². The van der Waals surface area contributed by atoms with Gasteiger partial charge in [0.15, 0.2) is 0 Å². The molecule has 0 nitrogen and oxygen atoms in total. The van der Waals surface area contributed by atoms with E-state index in [2.05, 4.69) is 65.3 Å². The lowest BCUT2D eigenvalue weighted by Crippen LogP contribution is -2.01. The lowest BCUT2D eigenvalue weighted by molar-refractivity contribution is 0.745. The van der Waals surface area contributed by atoms with Gasteiger partial charge in [-0.15, -0.1) is 0 Å². The molecule has 1 atom stereocenters. The SMILES string of the molecule is CCCC(Br)Cc1ccc2ccccc2c1. The lowest BCUT2D eigenvalue weighted by atomic mass is 10.0. The van der Waals surface area contributed by atoms with Crippen LogP contribution in [0.4, 0.5) is 0 Å². The van der Waals surface area contributed by atoms with Crippen molar-refractivity contribution >= 4 is 26.7 Å². The first-order valence-electron chi connectivity index (χ1n) is 5.91. The van der Waals surface area contributed by atoms with E-state index >= 15 is 0 Å². The van der Waals surface area contributed by atoms with Gasteiger partial charge in [0, 0.05) is 4.83 Å². The molecule has 0 radical (unpaired) electrons. The minimum Gasteiger partial charge on any atom is -0.0887 e. The zero-order chi connectivity index (χ0) is 11.4. The van der Waals surface area contributed by atoms with Crippen molar-refractivity contribution in [3.05, 3.63) is 48.0 Å². The van der Waals surface area contributed by atoms with E-state index < -0.39 is 0 Å². The van der Waals surface area contributed by atoms with Crippen molar-refractivity contribution in [2.24, 2.45) is 0 Å². The predicted molar refractivity (Wildman–Crippen MR) is 75.3 cm³/mol. The van der Waals surface area contributed by atoms with E-state index in [-0.39, 0.29) is 0 Å². The molecule has 0 spiro atoms. The maximum Gasteiger partial charge on any atom is 0.0186 e. The second kappa shape index (κ2) is 5.49. The molecule has 0 aromatic heterocycles. The van der Waals surface area contributed by atoms with E-state index in [0.717, 1.165) is 6.42 Å². The van der Waals surface area contributed by atoms with Gasteiger partial charge < -0.3 is 0 Å². The van der Waals surface area contributed by atoms with Crippen LogP contribution in [0.5, 0.6) is 0 Å². The molecule has 0 aliphatic carbocycles. The number of alkyl halides is 1. The molecule has 2 aromatic rings. The van der Waals surface area contributed by atoms with E-state index in [9.17, 15) is 0 Å². The second-order valence-corrected chi connectivity index (χ2v) is 5.57. The second-order valence-electron chi connectivity index (χ2n) is 4.27. The van der Waals surface area contributed by atoms with Crippen molar-refractivity contribution in [1.29, 1.82) is 0 Å². The highest BCUT2D eigenvalue weighted by atomic mass is 79.9. The standard InChI is InChI=1S/C15H17Br/c1-2-5-15(16)11-12-8-9-13-6-3-4-7-14(13)10-12/h3-4,6-10,15H,2,5,11H2,1H3. The molecule has 0 saturated carbocycles. The van der Waals surface area contributed by atoms with E-state index in [1.807, 2.05) is 0 Å². The van der Waals surface area contributed by atoms with Crippen molar-refractivity contribution < 1.29 is 0 Å². The smallest absolute Gasteiger partial charge is 0.0186 e. The molecule has 16 heavy (non-hydrogen) atoms. The van der Waals surface area contributed by atoms with E-state index in [1.165, 1.54) is 29.2 Å². The Morgan fingerprint density at radius 3 is 2.56 bits per heavy atom. The van der Waals surface area contributed by atoms with Gasteiger partial charge in [0.25, 0.3) is 0 Å². The van der Waals surface area contributed by atoms with Gasteiger partial charge in [-0.3, -0.25) is 0 Å². The zero-order valence-electron chi connectivity index (χ0n) is 9.62. The Kier molecular flexibility index (Phi) is 4.00. The van der Waals surface area contributed by atoms with Gasteiger partial charge in [0.1, 0.15) is 0 Å². The number of rotatable bonds is 4. The summed E-state index contributed by atoms with van der Waals surface area (Å²) in [5.41, 5.74) is 1.43. The van der Waals surface area contributed by atoms with Crippen LogP contribution in [0.1, 0.15) is 25.3 Å². The third-order valence-electron chi connectivity index (χ3n) is 2.87. The molecular weight excluding hydrogens is 260 g/mol. The maximum atomic E-state index is 3.74. The lowest BCUT2D eigenvalue weighted by Gasteiger charge is -2.09. The first-order valence-corrected chi connectivity index (χ1v) is 6.83. The summed E-state index contributed by atoms with van der Waals surface area (Å²) in [6.45, 7) is 2.23. The van der Waals surface area contributed by atoms with Crippen LogP contribution >= 0.6 is 15.9 Å². The van der Waals surface area contributed by atoms with Crippen LogP contribution in [0, 0.1) is 0 Å². The molecule has 0 aliphatic rings. The molecule has 0 amide bonds. The molecule has 0 bridgehead atoms. The molecule has 1 heteroatoms. The molecule has 0 aliphatic heterocycles. The highest BCUT2D eigenvalue weighted by molar-refractivity contribution is 9.09. The number of halogens is 1. The summed E-state index contributed by atoms with van der Waals surface area (Å²) in [6.07, 6.45) is 3.61. The summed E-state index contributed by atoms with van der Waals surface area (Å²) in [5, 5.41) is 2.67. The monoisotopic (exact) mass is 276 g/mol. The molecule has 0 N–H and O–H groups in total. The summed E-state index contributed by atoms with van der Waals surface area (Å²) in [7, 11) is 0. The maximum absolute atomic E-state index is 3.74. The summed E-state index contributed by atoms with van der Waals surface area (Å²) in [4.78, 5) is 0.610. The summed E-state index contributed by atoms with van der Waals surface area (Å²) >= 11 is 3.74. The van der Waals surface area contributed by atoms with E-state index in [4.69, 9.17) is 0 Å². The summed E-state index contributed by atoms with van der Waals surface area (Å²) in [5.74, 6) is 0. The molecule has 0 saturated heterocycles. The first kappa shape index (κ1) is 11.7. The fourth-order valence-electron chi connectivity index (χ4n) is 2.04. The zero-order valence-corrected chi connectivity index (χ0v) is 11.2. The van der Waals surface area contributed by atoms with Crippen molar-refractivity contribution in [1.82, 2.24) is 0 Å². The highest BCUT2D eigenvalue weighted by Gasteiger charge is 2.04. The average molecular weight is 277 g/mol. The van der Waals surface area contributed by atoms with Crippen LogP contribution in [0.15, 0.2) is 42.5 Å². The van der Waals surface area contributed by atoms with Crippen LogP contribution in [-0.2, 0) is 6.42 Å². The Morgan fingerprint density at radius 1 is 1.06 bits per heavy atom. The molecule has 1 unspecified atom stereocenters. The Bertz CT molecular complexity index is 462. The largest absolute Gasteiger partial charge is 0.0887 e. The normalized spacial score (nSPS) is 12.9. The van der Waals surface area contributed by atoms with Gasteiger partial charge in [-0.2, -0.15) is 0 Å². The topological polar surface area (TPSA) is 0 Å². The number of hydrogen-bond acceptors (Lipinski definition) is 0. The molecule has 2 rings (SSSR count). The predicted octanol–water partition coefficient (Wildman–Crippen LogP) is 4.95. The number of benzene rings is 2. The van der Waals surface area contributed by atoms with Crippen molar-refractivity contribution in [2.75, 3.05) is 0 Å². The molecule has 2 aromatic carbocycles. The highest BCUT2D eigenvalue weighted by Crippen LogP contribution is 2.20. The van der Waals surface area contributed by atoms with Gasteiger partial charge >= 0.3 is 0 Å². The molecule has 0 heterocycles. The number of hydrogen-bond donors (Lipinski definition) is 0. The van der Waals surface area contributed by atoms with Crippen LogP contribution in [0.25, 0.3) is 10.8 Å². The van der Waals surface area contributed by atoms with Crippen molar-refractivity contribution in [3.8, 4) is 0 Å². The van der Waals surface area contributed by atoms with Crippen molar-refractivity contribution in [2.45, 2.75) is 31.0 Å². The molecular formula is C15H17Br. The van der Waals surface area contributed by atoms with Gasteiger partial charge in [0.05, 0.1) is 0 Å². The minimum absolute atomic E-state index is 0.610. The first-order chi connectivity index (χ1) is 7.79. The van der Waals surface area contributed by atoms with Crippen LogP contribution in [-0.4, -0.2) is 4.83 Å². The third kappa shape index (κ3) is 2.85. The third-order valence-corrected chi connectivity index (χ3v) is 3.65. The molecule has 0 fully saturated rings. The Balaban J connectivity index is 2.19. The van der Waals surface area contributed by atoms with Gasteiger partial charge in [-0.05, 0) is 29.2 Å². The molecule has 84 valence electrons. The van der Waals surface area contributed by atoms with Gasteiger partial charge in [0.2, 0.25) is 0 Å². The van der Waals surface area contributed by atoms with Crippen LogP contribution in [0.2, 0.25) is 0 Å². The van der Waals surface area contributed by atoms with Crippen molar-refractivity contribution in [3.63, 3.8) is 0 Å².